The van der Waals surface area contributed by atoms with E-state index in [4.69, 9.17) is 11.6 Å². The van der Waals surface area contributed by atoms with Crippen LogP contribution in [0.5, 0.6) is 0 Å². The van der Waals surface area contributed by atoms with Crippen molar-refractivity contribution in [1.29, 1.82) is 0 Å². The van der Waals surface area contributed by atoms with E-state index < -0.39 is 5.54 Å². The zero-order valence-electron chi connectivity index (χ0n) is 14.6. The van der Waals surface area contributed by atoms with Crippen molar-refractivity contribution in [3.8, 4) is 0 Å². The first kappa shape index (κ1) is 19.2. The summed E-state index contributed by atoms with van der Waals surface area (Å²) in [4.78, 5) is 12.3. The number of aliphatic hydroxyl groups is 1. The topological polar surface area (TPSA) is 61.4 Å². The first-order valence-electron chi connectivity index (χ1n) is 8.86. The van der Waals surface area contributed by atoms with E-state index in [2.05, 4.69) is 10.6 Å². The van der Waals surface area contributed by atoms with Crippen molar-refractivity contribution in [1.82, 2.24) is 10.6 Å². The van der Waals surface area contributed by atoms with Crippen LogP contribution in [0.25, 0.3) is 0 Å². The Morgan fingerprint density at radius 3 is 2.62 bits per heavy atom. The number of hydrogen-bond acceptors (Lipinski definition) is 3. The van der Waals surface area contributed by atoms with Gasteiger partial charge in [-0.3, -0.25) is 4.79 Å². The van der Waals surface area contributed by atoms with E-state index in [-0.39, 0.29) is 25.1 Å². The second kappa shape index (κ2) is 8.84. The summed E-state index contributed by atoms with van der Waals surface area (Å²) >= 11 is 6.18. The van der Waals surface area contributed by atoms with Gasteiger partial charge in [0.05, 0.1) is 19.2 Å². The van der Waals surface area contributed by atoms with E-state index in [1.807, 2.05) is 38.1 Å². The molecule has 24 heavy (non-hydrogen) atoms. The summed E-state index contributed by atoms with van der Waals surface area (Å²) in [7, 11) is 0. The maximum atomic E-state index is 12.3. The van der Waals surface area contributed by atoms with Gasteiger partial charge in [0.25, 0.3) is 0 Å². The van der Waals surface area contributed by atoms with Gasteiger partial charge in [0, 0.05) is 10.6 Å². The summed E-state index contributed by atoms with van der Waals surface area (Å²) in [6.45, 7) is 4.19. The second-order valence-corrected chi connectivity index (χ2v) is 7.48. The summed E-state index contributed by atoms with van der Waals surface area (Å²) in [5.41, 5.74) is 0.510. The van der Waals surface area contributed by atoms with Gasteiger partial charge in [0.15, 0.2) is 0 Å². The third-order valence-corrected chi connectivity index (χ3v) is 5.58. The fourth-order valence-electron chi connectivity index (χ4n) is 3.55. The number of nitrogens with one attached hydrogen (secondary N) is 2. The molecule has 2 atom stereocenters. The van der Waals surface area contributed by atoms with Gasteiger partial charge in [-0.15, -0.1) is 0 Å². The quantitative estimate of drug-likeness (QED) is 0.704. The van der Waals surface area contributed by atoms with Crippen LogP contribution in [-0.2, 0) is 4.79 Å². The lowest BCUT2D eigenvalue weighted by atomic mass is 9.76. The van der Waals surface area contributed by atoms with Crippen LogP contribution in [0.2, 0.25) is 5.02 Å². The molecule has 1 aliphatic rings. The normalized spacial score (nSPS) is 19.5. The van der Waals surface area contributed by atoms with Crippen molar-refractivity contribution in [2.75, 3.05) is 13.2 Å². The summed E-state index contributed by atoms with van der Waals surface area (Å²) in [6, 6.07) is 7.37. The second-order valence-electron chi connectivity index (χ2n) is 7.07. The molecule has 0 bridgehead atoms. The largest absolute Gasteiger partial charge is 0.394 e. The van der Waals surface area contributed by atoms with E-state index in [1.54, 1.807) is 0 Å². The number of aliphatic hydroxyl groups excluding tert-OH is 1. The van der Waals surface area contributed by atoms with Gasteiger partial charge in [0.2, 0.25) is 5.91 Å². The molecule has 1 aliphatic carbocycles. The molecule has 1 amide bonds. The predicted octanol–water partition coefficient (Wildman–Crippen LogP) is 3.44. The minimum Gasteiger partial charge on any atom is -0.394 e. The molecule has 0 unspecified atom stereocenters. The van der Waals surface area contributed by atoms with Crippen LogP contribution in [0.3, 0.4) is 0 Å². The number of amides is 1. The van der Waals surface area contributed by atoms with E-state index in [1.165, 1.54) is 19.3 Å². The van der Waals surface area contributed by atoms with Crippen molar-refractivity contribution < 1.29 is 9.90 Å². The first-order valence-corrected chi connectivity index (χ1v) is 9.24. The predicted molar refractivity (Wildman–Crippen MR) is 98.1 cm³/mol. The van der Waals surface area contributed by atoms with Crippen LogP contribution in [-0.4, -0.2) is 29.7 Å². The Morgan fingerprint density at radius 2 is 2.00 bits per heavy atom. The van der Waals surface area contributed by atoms with Crippen LogP contribution >= 0.6 is 11.6 Å². The zero-order valence-corrected chi connectivity index (χ0v) is 15.4. The molecule has 0 radical (unpaired) electrons. The van der Waals surface area contributed by atoms with E-state index in [0.29, 0.717) is 10.9 Å². The molecule has 134 valence electrons. The summed E-state index contributed by atoms with van der Waals surface area (Å²) < 4.78 is 0. The molecule has 0 spiro atoms. The molecule has 1 fully saturated rings. The van der Waals surface area contributed by atoms with Gasteiger partial charge >= 0.3 is 0 Å². The maximum absolute atomic E-state index is 12.3. The van der Waals surface area contributed by atoms with Gasteiger partial charge in [-0.25, -0.2) is 0 Å². The zero-order chi connectivity index (χ0) is 17.6. The Balaban J connectivity index is 1.88. The average molecular weight is 353 g/mol. The van der Waals surface area contributed by atoms with Crippen molar-refractivity contribution in [3.63, 3.8) is 0 Å². The molecule has 0 heterocycles. The molecule has 0 aromatic heterocycles. The van der Waals surface area contributed by atoms with Gasteiger partial charge < -0.3 is 15.7 Å². The monoisotopic (exact) mass is 352 g/mol. The van der Waals surface area contributed by atoms with Gasteiger partial charge in [-0.1, -0.05) is 49.1 Å². The maximum Gasteiger partial charge on any atom is 0.234 e. The lowest BCUT2D eigenvalue weighted by Crippen LogP contribution is -2.55. The standard InChI is InChI=1S/C19H29ClN2O2/c1-14(16-10-6-7-11-17(16)20)22-18(24)12-21-19(2,13-23)15-8-4-3-5-9-15/h6-7,10-11,14-15,21,23H,3-5,8-9,12-13H2,1-2H3,(H,22,24)/t14-,19+/m0/s1. The SMILES string of the molecule is C[C@H](NC(=O)CN[C@](C)(CO)C1CCCCC1)c1ccccc1Cl. The highest BCUT2D eigenvalue weighted by molar-refractivity contribution is 6.31. The van der Waals surface area contributed by atoms with Crippen molar-refractivity contribution in [2.45, 2.75) is 57.5 Å². The fourth-order valence-corrected chi connectivity index (χ4v) is 3.85. The third-order valence-electron chi connectivity index (χ3n) is 5.24. The Hall–Kier alpha value is -1.10. The lowest BCUT2D eigenvalue weighted by molar-refractivity contribution is -0.121. The van der Waals surface area contributed by atoms with Crippen LogP contribution in [0.1, 0.15) is 57.6 Å². The minimum absolute atomic E-state index is 0.0466. The van der Waals surface area contributed by atoms with Crippen LogP contribution < -0.4 is 10.6 Å². The number of carbonyl (C=O) groups excluding carboxylic acids is 1. The van der Waals surface area contributed by atoms with Crippen molar-refractivity contribution in [3.05, 3.63) is 34.9 Å². The van der Waals surface area contributed by atoms with E-state index >= 15 is 0 Å². The van der Waals surface area contributed by atoms with Crippen molar-refractivity contribution >= 4 is 17.5 Å². The molecule has 0 saturated heterocycles. The Labute approximate surface area is 150 Å². The molecule has 2 rings (SSSR count). The number of rotatable bonds is 7. The molecule has 0 aliphatic heterocycles. The highest BCUT2D eigenvalue weighted by Gasteiger charge is 2.34. The number of benzene rings is 1. The molecule has 1 saturated carbocycles. The molecular formula is C19H29ClN2O2. The van der Waals surface area contributed by atoms with Crippen molar-refractivity contribution in [2.24, 2.45) is 5.92 Å². The summed E-state index contributed by atoms with van der Waals surface area (Å²) in [5.74, 6) is 0.336. The Morgan fingerprint density at radius 1 is 1.33 bits per heavy atom. The average Bonchev–Trinajstić information content (AvgIpc) is 2.60. The molecule has 1 aromatic rings. The Bertz CT molecular complexity index is 546. The number of hydrogen-bond donors (Lipinski definition) is 3. The summed E-state index contributed by atoms with van der Waals surface area (Å²) in [6.07, 6.45) is 5.91. The third kappa shape index (κ3) is 4.95. The van der Waals surface area contributed by atoms with Gasteiger partial charge in [-0.2, -0.15) is 0 Å². The van der Waals surface area contributed by atoms with Gasteiger partial charge in [0.1, 0.15) is 0 Å². The van der Waals surface area contributed by atoms with Crippen LogP contribution in [0.15, 0.2) is 24.3 Å². The smallest absolute Gasteiger partial charge is 0.234 e. The molecule has 1 aromatic carbocycles. The first-order chi connectivity index (χ1) is 11.5. The summed E-state index contributed by atoms with van der Waals surface area (Å²) in [5, 5.41) is 16.7. The van der Waals surface area contributed by atoms with E-state index in [0.717, 1.165) is 18.4 Å². The molecular weight excluding hydrogens is 324 g/mol. The Kier molecular flexibility index (Phi) is 7.08. The molecule has 5 heteroatoms. The number of halogens is 1. The lowest BCUT2D eigenvalue weighted by Gasteiger charge is -2.39. The fraction of sp³-hybridized carbons (Fsp3) is 0.632. The van der Waals surface area contributed by atoms with Crippen LogP contribution in [0.4, 0.5) is 0 Å². The highest BCUT2D eigenvalue weighted by atomic mass is 35.5. The van der Waals surface area contributed by atoms with E-state index in [9.17, 15) is 9.90 Å². The molecule has 4 nitrogen and oxygen atoms in total. The van der Waals surface area contributed by atoms with Gasteiger partial charge in [-0.05, 0) is 44.2 Å². The van der Waals surface area contributed by atoms with Crippen LogP contribution in [0, 0.1) is 5.92 Å². The number of carbonyl (C=O) groups is 1. The highest BCUT2D eigenvalue weighted by Crippen LogP contribution is 2.32. The molecule has 3 N–H and O–H groups in total. The minimum atomic E-state index is -0.397.